The molecule has 0 radical (unpaired) electrons. The first-order valence-corrected chi connectivity index (χ1v) is 7.59. The van der Waals surface area contributed by atoms with Crippen molar-refractivity contribution in [2.75, 3.05) is 23.9 Å². The summed E-state index contributed by atoms with van der Waals surface area (Å²) in [6.07, 6.45) is 5.80. The highest BCUT2D eigenvalue weighted by atomic mass is 79.9. The number of aromatic nitrogens is 2. The van der Waals surface area contributed by atoms with Gasteiger partial charge in [0, 0.05) is 13.2 Å². The third-order valence-electron chi connectivity index (χ3n) is 3.97. The van der Waals surface area contributed by atoms with Crippen molar-refractivity contribution in [1.82, 2.24) is 9.97 Å². The predicted octanol–water partition coefficient (Wildman–Crippen LogP) is 1.96. The van der Waals surface area contributed by atoms with Gasteiger partial charge in [-0.2, -0.15) is 0 Å². The van der Waals surface area contributed by atoms with E-state index in [1.807, 2.05) is 4.90 Å². The van der Waals surface area contributed by atoms with E-state index in [-0.39, 0.29) is 18.5 Å². The maximum atomic E-state index is 12.3. The second kappa shape index (κ2) is 5.65. The number of halogens is 1. The van der Waals surface area contributed by atoms with Crippen LogP contribution < -0.4 is 10.2 Å². The van der Waals surface area contributed by atoms with E-state index < -0.39 is 0 Å². The molecule has 20 heavy (non-hydrogen) atoms. The zero-order valence-corrected chi connectivity index (χ0v) is 12.9. The highest BCUT2D eigenvalue weighted by Crippen LogP contribution is 2.33. The molecule has 1 aromatic rings. The minimum Gasteiger partial charge on any atom is -0.381 e. The summed E-state index contributed by atoms with van der Waals surface area (Å²) in [4.78, 5) is 22.8. The number of nitrogens with one attached hydrogen (secondary N) is 1. The Morgan fingerprint density at radius 1 is 1.40 bits per heavy atom. The average molecular weight is 341 g/mol. The number of carbonyl (C=O) groups excluding carboxylic acids is 1. The molecule has 0 unspecified atom stereocenters. The molecule has 6 nitrogen and oxygen atoms in total. The third-order valence-corrected chi connectivity index (χ3v) is 4.35. The van der Waals surface area contributed by atoms with E-state index in [0.717, 1.165) is 25.7 Å². The Morgan fingerprint density at radius 3 is 2.85 bits per heavy atom. The van der Waals surface area contributed by atoms with E-state index in [9.17, 15) is 4.79 Å². The van der Waals surface area contributed by atoms with E-state index in [0.29, 0.717) is 22.3 Å². The van der Waals surface area contributed by atoms with Crippen molar-refractivity contribution in [2.24, 2.45) is 0 Å². The van der Waals surface area contributed by atoms with Crippen molar-refractivity contribution in [3.05, 3.63) is 10.8 Å². The van der Waals surface area contributed by atoms with Gasteiger partial charge in [0.05, 0.1) is 18.8 Å². The van der Waals surface area contributed by atoms with Gasteiger partial charge in [-0.1, -0.05) is 0 Å². The van der Waals surface area contributed by atoms with Gasteiger partial charge < -0.3 is 10.1 Å². The van der Waals surface area contributed by atoms with Crippen LogP contribution in [0.15, 0.2) is 10.8 Å². The lowest BCUT2D eigenvalue weighted by molar-refractivity contribution is -0.118. The normalized spacial score (nSPS) is 26.1. The lowest BCUT2D eigenvalue weighted by atomic mass is 9.91. The molecule has 0 saturated heterocycles. The molecule has 1 amide bonds. The summed E-state index contributed by atoms with van der Waals surface area (Å²) >= 11 is 3.32. The van der Waals surface area contributed by atoms with Crippen LogP contribution in [0.4, 0.5) is 11.6 Å². The number of nitrogens with zero attached hydrogens (tertiary/aromatic N) is 3. The van der Waals surface area contributed by atoms with Crippen LogP contribution in [0, 0.1) is 0 Å². The van der Waals surface area contributed by atoms with E-state index >= 15 is 0 Å². The molecule has 2 aliphatic rings. The van der Waals surface area contributed by atoms with Crippen LogP contribution >= 0.6 is 15.9 Å². The van der Waals surface area contributed by atoms with Gasteiger partial charge in [-0.05, 0) is 41.6 Å². The fourth-order valence-electron chi connectivity index (χ4n) is 2.93. The second-order valence-corrected chi connectivity index (χ2v) is 5.96. The summed E-state index contributed by atoms with van der Waals surface area (Å²) in [7, 11) is 1.75. The first-order valence-electron chi connectivity index (χ1n) is 6.80. The molecule has 0 aromatic carbocycles. The maximum absolute atomic E-state index is 12.3. The lowest BCUT2D eigenvalue weighted by Crippen LogP contribution is -2.49. The standard InChI is InChI=1S/C13H17BrN4O2/c1-20-9-4-2-8(3-5-9)18-11(19)7-16-12-13(18)17-10(14)6-15-12/h6,8-9H,2-5,7H2,1H3,(H,15,16)/t8-,9-. The Balaban J connectivity index is 1.86. The van der Waals surface area contributed by atoms with Crippen LogP contribution in [0.5, 0.6) is 0 Å². The summed E-state index contributed by atoms with van der Waals surface area (Å²) in [5.74, 6) is 1.38. The van der Waals surface area contributed by atoms with Crippen LogP contribution in [0.1, 0.15) is 25.7 Å². The molecule has 2 heterocycles. The summed E-state index contributed by atoms with van der Waals surface area (Å²) < 4.78 is 6.03. The summed E-state index contributed by atoms with van der Waals surface area (Å²) in [5.41, 5.74) is 0. The van der Waals surface area contributed by atoms with Crippen molar-refractivity contribution in [1.29, 1.82) is 0 Å². The molecule has 1 aliphatic heterocycles. The Morgan fingerprint density at radius 2 is 2.15 bits per heavy atom. The minimum atomic E-state index is 0.0609. The van der Waals surface area contributed by atoms with Gasteiger partial charge in [0.15, 0.2) is 11.6 Å². The first kappa shape index (κ1) is 13.8. The SMILES string of the molecule is CO[C@H]1CC[C@H](N2C(=O)CNc3ncc(Br)nc32)CC1. The van der Waals surface area contributed by atoms with Gasteiger partial charge in [-0.15, -0.1) is 0 Å². The number of methoxy groups -OCH3 is 1. The highest BCUT2D eigenvalue weighted by molar-refractivity contribution is 9.10. The number of hydrogen-bond donors (Lipinski definition) is 1. The van der Waals surface area contributed by atoms with Crippen LogP contribution in [0.3, 0.4) is 0 Å². The topological polar surface area (TPSA) is 67.3 Å². The van der Waals surface area contributed by atoms with Gasteiger partial charge in [-0.3, -0.25) is 9.69 Å². The summed E-state index contributed by atoms with van der Waals surface area (Å²) in [6, 6.07) is 0.193. The quantitative estimate of drug-likeness (QED) is 0.891. The Labute approximate surface area is 126 Å². The van der Waals surface area contributed by atoms with Crippen LogP contribution in [0.2, 0.25) is 0 Å². The molecule has 0 atom stereocenters. The molecule has 1 fully saturated rings. The molecule has 1 N–H and O–H groups in total. The van der Waals surface area contributed by atoms with Crippen molar-refractivity contribution < 1.29 is 9.53 Å². The zero-order chi connectivity index (χ0) is 14.1. The fourth-order valence-corrected chi connectivity index (χ4v) is 3.20. The molecular weight excluding hydrogens is 324 g/mol. The van der Waals surface area contributed by atoms with E-state index in [4.69, 9.17) is 4.74 Å². The first-order chi connectivity index (χ1) is 9.69. The largest absolute Gasteiger partial charge is 0.381 e. The van der Waals surface area contributed by atoms with Gasteiger partial charge >= 0.3 is 0 Å². The molecular formula is C13H17BrN4O2. The zero-order valence-electron chi connectivity index (χ0n) is 11.3. The van der Waals surface area contributed by atoms with Gasteiger partial charge in [0.1, 0.15) is 4.60 Å². The van der Waals surface area contributed by atoms with Gasteiger partial charge in [0.25, 0.3) is 0 Å². The number of hydrogen-bond acceptors (Lipinski definition) is 5. The minimum absolute atomic E-state index is 0.0609. The van der Waals surface area contributed by atoms with Crippen molar-refractivity contribution in [2.45, 2.75) is 37.8 Å². The average Bonchev–Trinajstić information content (AvgIpc) is 2.47. The van der Waals surface area contributed by atoms with Crippen molar-refractivity contribution in [3.8, 4) is 0 Å². The number of rotatable bonds is 2. The molecule has 1 saturated carbocycles. The molecule has 0 bridgehead atoms. The van der Waals surface area contributed by atoms with E-state index in [1.165, 1.54) is 0 Å². The molecule has 1 aromatic heterocycles. The molecule has 1 aliphatic carbocycles. The second-order valence-electron chi connectivity index (χ2n) is 5.15. The van der Waals surface area contributed by atoms with Gasteiger partial charge in [-0.25, -0.2) is 9.97 Å². The predicted molar refractivity (Wildman–Crippen MR) is 78.8 cm³/mol. The number of carbonyl (C=O) groups is 1. The van der Waals surface area contributed by atoms with Crippen LogP contribution in [0.25, 0.3) is 0 Å². The van der Waals surface area contributed by atoms with Crippen molar-refractivity contribution >= 4 is 33.5 Å². The van der Waals surface area contributed by atoms with Gasteiger partial charge in [0.2, 0.25) is 5.91 Å². The van der Waals surface area contributed by atoms with E-state index in [2.05, 4.69) is 31.2 Å². The van der Waals surface area contributed by atoms with E-state index in [1.54, 1.807) is 13.3 Å². The maximum Gasteiger partial charge on any atom is 0.247 e. The fraction of sp³-hybridized carbons (Fsp3) is 0.615. The van der Waals surface area contributed by atoms with Crippen LogP contribution in [-0.2, 0) is 9.53 Å². The van der Waals surface area contributed by atoms with Crippen molar-refractivity contribution in [3.63, 3.8) is 0 Å². The Hall–Kier alpha value is -1.21. The third kappa shape index (κ3) is 2.52. The smallest absolute Gasteiger partial charge is 0.247 e. The monoisotopic (exact) mass is 340 g/mol. The van der Waals surface area contributed by atoms with Crippen LogP contribution in [-0.4, -0.2) is 41.7 Å². The number of amides is 1. The summed E-state index contributed by atoms with van der Waals surface area (Å²) in [6.45, 7) is 0.285. The molecule has 0 spiro atoms. The Bertz CT molecular complexity index is 517. The molecule has 7 heteroatoms. The molecule has 3 rings (SSSR count). The highest BCUT2D eigenvalue weighted by Gasteiger charge is 2.34. The summed E-state index contributed by atoms with van der Waals surface area (Å²) in [5, 5.41) is 3.02. The number of anilines is 2. The number of fused-ring (bicyclic) bond motifs is 1. The lowest BCUT2D eigenvalue weighted by Gasteiger charge is -2.38. The number of ether oxygens (including phenoxy) is 1. The molecule has 108 valence electrons. The Kier molecular flexibility index (Phi) is 3.89.